The second-order valence-corrected chi connectivity index (χ2v) is 10.8. The van der Waals surface area contributed by atoms with E-state index in [1.54, 1.807) is 49.7 Å². The van der Waals surface area contributed by atoms with Crippen molar-refractivity contribution in [2.45, 2.75) is 51.0 Å². The molecule has 4 aromatic rings. The Kier molecular flexibility index (Phi) is 8.75. The van der Waals surface area contributed by atoms with Crippen LogP contribution in [-0.2, 0) is 13.0 Å². The van der Waals surface area contributed by atoms with E-state index < -0.39 is 0 Å². The Morgan fingerprint density at radius 3 is 2.67 bits per heavy atom. The highest BCUT2D eigenvalue weighted by molar-refractivity contribution is 9.10. The summed E-state index contributed by atoms with van der Waals surface area (Å²) in [5.41, 5.74) is 2.46. The average molecular weight is 605 g/mol. The van der Waals surface area contributed by atoms with Gasteiger partial charge in [-0.05, 0) is 61.2 Å². The predicted molar refractivity (Wildman–Crippen MR) is 160 cm³/mol. The molecule has 6 nitrogen and oxygen atoms in total. The summed E-state index contributed by atoms with van der Waals surface area (Å²) < 4.78 is 28.2. The van der Waals surface area contributed by atoms with Crippen molar-refractivity contribution in [2.24, 2.45) is 5.10 Å². The smallest absolute Gasteiger partial charge is 0.282 e. The number of nitrogens with zero attached hydrogens (tertiary/aromatic N) is 3. The lowest BCUT2D eigenvalue weighted by Crippen LogP contribution is -2.25. The van der Waals surface area contributed by atoms with Crippen molar-refractivity contribution in [1.82, 2.24) is 9.66 Å². The van der Waals surface area contributed by atoms with E-state index >= 15 is 0 Å². The predicted octanol–water partition coefficient (Wildman–Crippen LogP) is 7.54. The molecule has 0 bridgehead atoms. The molecular formula is C32H31BrFN3O3. The van der Waals surface area contributed by atoms with Gasteiger partial charge in [0.1, 0.15) is 18.2 Å². The van der Waals surface area contributed by atoms with E-state index in [2.05, 4.69) is 27.6 Å². The molecule has 40 heavy (non-hydrogen) atoms. The maximum atomic E-state index is 14.2. The maximum absolute atomic E-state index is 14.2. The molecule has 0 aliphatic heterocycles. The molecule has 1 aliphatic rings. The zero-order chi connectivity index (χ0) is 28.1. The van der Waals surface area contributed by atoms with Crippen molar-refractivity contribution < 1.29 is 13.9 Å². The van der Waals surface area contributed by atoms with Gasteiger partial charge in [0.05, 0.1) is 24.2 Å². The van der Waals surface area contributed by atoms with Crippen LogP contribution in [0.1, 0.15) is 60.5 Å². The lowest BCUT2D eigenvalue weighted by Gasteiger charge is -2.22. The lowest BCUT2D eigenvalue weighted by molar-refractivity contribution is 0.277. The van der Waals surface area contributed by atoms with Crippen molar-refractivity contribution >= 4 is 33.0 Å². The third-order valence-corrected chi connectivity index (χ3v) is 7.69. The van der Waals surface area contributed by atoms with Crippen molar-refractivity contribution in [3.8, 4) is 11.5 Å². The fourth-order valence-electron chi connectivity index (χ4n) is 5.17. The zero-order valence-corrected chi connectivity index (χ0v) is 24.0. The Morgan fingerprint density at radius 2 is 1.93 bits per heavy atom. The first-order valence-electron chi connectivity index (χ1n) is 13.4. The van der Waals surface area contributed by atoms with Crippen LogP contribution in [0.15, 0.2) is 81.6 Å². The van der Waals surface area contributed by atoms with Gasteiger partial charge in [0.25, 0.3) is 5.56 Å². The Labute approximate surface area is 241 Å². The Morgan fingerprint density at radius 1 is 1.12 bits per heavy atom. The summed E-state index contributed by atoms with van der Waals surface area (Å²) in [6, 6.07) is 15.8. The lowest BCUT2D eigenvalue weighted by atomic mass is 9.88. The van der Waals surface area contributed by atoms with Crippen LogP contribution in [0.4, 0.5) is 4.39 Å². The van der Waals surface area contributed by atoms with Crippen LogP contribution >= 0.6 is 15.9 Å². The Bertz CT molecular complexity index is 1630. The van der Waals surface area contributed by atoms with Gasteiger partial charge in [-0.2, -0.15) is 9.78 Å². The minimum atomic E-state index is -0.328. The molecule has 0 radical (unpaired) electrons. The van der Waals surface area contributed by atoms with E-state index in [0.717, 1.165) is 41.3 Å². The fourth-order valence-corrected chi connectivity index (χ4v) is 5.53. The first-order valence-corrected chi connectivity index (χ1v) is 14.2. The highest BCUT2D eigenvalue weighted by atomic mass is 79.9. The van der Waals surface area contributed by atoms with Gasteiger partial charge in [-0.15, -0.1) is 6.58 Å². The van der Waals surface area contributed by atoms with E-state index in [4.69, 9.17) is 14.5 Å². The van der Waals surface area contributed by atoms with Gasteiger partial charge in [0, 0.05) is 21.5 Å². The van der Waals surface area contributed by atoms with Gasteiger partial charge < -0.3 is 9.47 Å². The molecule has 3 aromatic carbocycles. The molecule has 0 amide bonds. The van der Waals surface area contributed by atoms with E-state index in [9.17, 15) is 9.18 Å². The average Bonchev–Trinajstić information content (AvgIpc) is 2.97. The molecule has 1 aliphatic carbocycles. The number of ether oxygens (including phenoxy) is 2. The molecule has 1 fully saturated rings. The van der Waals surface area contributed by atoms with Gasteiger partial charge in [-0.3, -0.25) is 4.79 Å². The van der Waals surface area contributed by atoms with Gasteiger partial charge in [0.15, 0.2) is 11.5 Å². The third kappa shape index (κ3) is 6.02. The third-order valence-electron chi connectivity index (χ3n) is 7.19. The summed E-state index contributed by atoms with van der Waals surface area (Å²) in [5.74, 6) is 1.54. The van der Waals surface area contributed by atoms with E-state index in [0.29, 0.717) is 40.2 Å². The molecule has 8 heteroatoms. The molecule has 206 valence electrons. The number of benzene rings is 3. The van der Waals surface area contributed by atoms with Gasteiger partial charge in [-0.1, -0.05) is 59.5 Å². The summed E-state index contributed by atoms with van der Waals surface area (Å²) in [6.45, 7) is 3.93. The van der Waals surface area contributed by atoms with Gasteiger partial charge in [0.2, 0.25) is 0 Å². The normalized spacial score (nSPS) is 14.1. The molecule has 0 saturated heterocycles. The zero-order valence-electron chi connectivity index (χ0n) is 22.4. The van der Waals surface area contributed by atoms with Gasteiger partial charge >= 0.3 is 0 Å². The van der Waals surface area contributed by atoms with Crippen molar-refractivity contribution in [1.29, 1.82) is 0 Å². The fraction of sp³-hybridized carbons (Fsp3) is 0.281. The van der Waals surface area contributed by atoms with Crippen molar-refractivity contribution in [2.75, 3.05) is 7.11 Å². The topological polar surface area (TPSA) is 65.7 Å². The first kappa shape index (κ1) is 27.8. The van der Waals surface area contributed by atoms with E-state index in [1.807, 2.05) is 18.2 Å². The second-order valence-electron chi connectivity index (χ2n) is 9.91. The summed E-state index contributed by atoms with van der Waals surface area (Å²) >= 11 is 3.47. The number of halogens is 2. The summed E-state index contributed by atoms with van der Waals surface area (Å²) in [6.07, 6.45) is 9.30. The number of methoxy groups -OCH3 is 1. The quantitative estimate of drug-likeness (QED) is 0.146. The largest absolute Gasteiger partial charge is 0.493 e. The van der Waals surface area contributed by atoms with E-state index in [-0.39, 0.29) is 23.9 Å². The first-order chi connectivity index (χ1) is 19.5. The minimum absolute atomic E-state index is 0.0546. The van der Waals surface area contributed by atoms with Crippen LogP contribution in [0, 0.1) is 5.82 Å². The second kappa shape index (κ2) is 12.6. The monoisotopic (exact) mass is 603 g/mol. The Hall–Kier alpha value is -3.78. The number of hydrogen-bond acceptors (Lipinski definition) is 5. The number of aromatic nitrogens is 2. The number of fused-ring (bicyclic) bond motifs is 1. The molecule has 0 unspecified atom stereocenters. The molecule has 0 spiro atoms. The molecule has 0 N–H and O–H groups in total. The standard InChI is InChI=1S/C32H31BrFN3O3/c1-3-9-23-16-21(17-29(39-2)30(23)40-20-24-12-7-8-13-27(24)34)19-35-37-31(22-10-5-4-6-11-22)36-28-15-14-25(33)18-26(28)32(37)38/h3,7-8,12-19,22H,1,4-6,9-11,20H2,2H3. The molecular weight excluding hydrogens is 573 g/mol. The highest BCUT2D eigenvalue weighted by Crippen LogP contribution is 2.35. The minimum Gasteiger partial charge on any atom is -0.493 e. The van der Waals surface area contributed by atoms with Crippen LogP contribution in [0.3, 0.4) is 0 Å². The summed E-state index contributed by atoms with van der Waals surface area (Å²) in [5, 5.41) is 5.18. The molecule has 1 saturated carbocycles. The van der Waals surface area contributed by atoms with Crippen LogP contribution in [-0.4, -0.2) is 23.0 Å². The molecule has 1 heterocycles. The molecule has 0 atom stereocenters. The van der Waals surface area contributed by atoms with Crippen LogP contribution in [0.25, 0.3) is 10.9 Å². The van der Waals surface area contributed by atoms with Gasteiger partial charge in [-0.25, -0.2) is 9.37 Å². The van der Waals surface area contributed by atoms with E-state index in [1.165, 1.54) is 17.2 Å². The number of allylic oxidation sites excluding steroid dienone is 1. The van der Waals surface area contributed by atoms with Crippen LogP contribution in [0.2, 0.25) is 0 Å². The summed E-state index contributed by atoms with van der Waals surface area (Å²) in [7, 11) is 1.56. The highest BCUT2D eigenvalue weighted by Gasteiger charge is 2.23. The molecule has 1 aromatic heterocycles. The molecule has 5 rings (SSSR count). The van der Waals surface area contributed by atoms with Crippen LogP contribution < -0.4 is 15.0 Å². The maximum Gasteiger partial charge on any atom is 0.282 e. The SMILES string of the molecule is C=CCc1cc(C=Nn2c(C3CCCCC3)nc3ccc(Br)cc3c2=O)cc(OC)c1OCc1ccccc1F. The van der Waals surface area contributed by atoms with Crippen molar-refractivity contribution in [3.63, 3.8) is 0 Å². The number of rotatable bonds is 9. The summed E-state index contributed by atoms with van der Waals surface area (Å²) in [4.78, 5) is 18.6. The van der Waals surface area contributed by atoms with Crippen LogP contribution in [0.5, 0.6) is 11.5 Å². The Balaban J connectivity index is 1.54. The number of hydrogen-bond donors (Lipinski definition) is 0. The van der Waals surface area contributed by atoms with Crippen molar-refractivity contribution in [3.05, 3.63) is 110 Å².